The third kappa shape index (κ3) is 2.03. The molecule has 0 aliphatic heterocycles. The molecule has 0 atom stereocenters. The Labute approximate surface area is 65.4 Å². The number of aliphatic carboxylic acids is 1. The summed E-state index contributed by atoms with van der Waals surface area (Å²) in [6.45, 7) is 0. The molecule has 11 heavy (non-hydrogen) atoms. The van der Waals surface area contributed by atoms with Gasteiger partial charge in [0.2, 0.25) is 0 Å². The van der Waals surface area contributed by atoms with E-state index in [1.807, 2.05) is 0 Å². The molecule has 0 aromatic rings. The SMILES string of the molecule is O=C([O-])C(=O)C1CCCCC1. The van der Waals surface area contributed by atoms with Crippen molar-refractivity contribution < 1.29 is 14.7 Å². The maximum Gasteiger partial charge on any atom is 0.181 e. The monoisotopic (exact) mass is 155 g/mol. The van der Waals surface area contributed by atoms with Crippen LogP contribution in [0.3, 0.4) is 0 Å². The number of carbonyl (C=O) groups excluding carboxylic acids is 2. The van der Waals surface area contributed by atoms with Crippen molar-refractivity contribution >= 4 is 11.8 Å². The second kappa shape index (κ2) is 3.51. The first-order chi connectivity index (χ1) is 5.22. The predicted octanol–water partition coefficient (Wildman–Crippen LogP) is -0.114. The topological polar surface area (TPSA) is 57.2 Å². The van der Waals surface area contributed by atoms with Crippen molar-refractivity contribution in [1.29, 1.82) is 0 Å². The smallest absolute Gasteiger partial charge is 0.181 e. The average molecular weight is 155 g/mol. The standard InChI is InChI=1S/C8H12O3/c9-7(8(10)11)6-4-2-1-3-5-6/h6H,1-5H2,(H,10,11)/p-1. The van der Waals surface area contributed by atoms with Crippen LogP contribution in [0.1, 0.15) is 32.1 Å². The first-order valence-electron chi connectivity index (χ1n) is 3.97. The lowest BCUT2D eigenvalue weighted by atomic mass is 9.86. The van der Waals surface area contributed by atoms with Crippen LogP contribution in [0.2, 0.25) is 0 Å². The van der Waals surface area contributed by atoms with Gasteiger partial charge in [-0.05, 0) is 12.8 Å². The molecule has 0 heterocycles. The highest BCUT2D eigenvalue weighted by Crippen LogP contribution is 2.23. The Morgan fingerprint density at radius 1 is 1.09 bits per heavy atom. The molecule has 1 rings (SSSR count). The molecule has 1 aliphatic rings. The van der Waals surface area contributed by atoms with Crippen molar-refractivity contribution in [3.63, 3.8) is 0 Å². The van der Waals surface area contributed by atoms with E-state index in [2.05, 4.69) is 0 Å². The van der Waals surface area contributed by atoms with Crippen molar-refractivity contribution in [2.75, 3.05) is 0 Å². The Bertz CT molecular complexity index is 168. The molecular formula is C8H11O3-. The van der Waals surface area contributed by atoms with Crippen molar-refractivity contribution in [3.8, 4) is 0 Å². The van der Waals surface area contributed by atoms with E-state index < -0.39 is 11.8 Å². The van der Waals surface area contributed by atoms with Crippen molar-refractivity contribution in [3.05, 3.63) is 0 Å². The molecule has 0 spiro atoms. The van der Waals surface area contributed by atoms with Crippen LogP contribution >= 0.6 is 0 Å². The van der Waals surface area contributed by atoms with E-state index in [1.54, 1.807) is 0 Å². The van der Waals surface area contributed by atoms with Gasteiger partial charge < -0.3 is 9.90 Å². The Hall–Kier alpha value is -0.860. The molecular weight excluding hydrogens is 144 g/mol. The fourth-order valence-electron chi connectivity index (χ4n) is 1.53. The van der Waals surface area contributed by atoms with Gasteiger partial charge in [0, 0.05) is 5.92 Å². The number of Topliss-reactive ketones (excluding diaryl/α,β-unsaturated/α-hetero) is 1. The zero-order chi connectivity index (χ0) is 8.27. The summed E-state index contributed by atoms with van der Waals surface area (Å²) in [5, 5.41) is 10.1. The normalized spacial score (nSPS) is 19.6. The number of hydrogen-bond donors (Lipinski definition) is 0. The molecule has 1 aliphatic carbocycles. The zero-order valence-electron chi connectivity index (χ0n) is 6.34. The molecule has 0 aromatic heterocycles. The Morgan fingerprint density at radius 3 is 2.09 bits per heavy atom. The van der Waals surface area contributed by atoms with Crippen LogP contribution in [0.25, 0.3) is 0 Å². The highest BCUT2D eigenvalue weighted by atomic mass is 16.4. The van der Waals surface area contributed by atoms with Gasteiger partial charge in [0.15, 0.2) is 5.78 Å². The van der Waals surface area contributed by atoms with Gasteiger partial charge in [-0.1, -0.05) is 19.3 Å². The lowest BCUT2D eigenvalue weighted by Gasteiger charge is -2.20. The lowest BCUT2D eigenvalue weighted by Crippen LogP contribution is -2.37. The summed E-state index contributed by atoms with van der Waals surface area (Å²) in [5.41, 5.74) is 0. The molecule has 62 valence electrons. The molecule has 0 saturated heterocycles. The van der Waals surface area contributed by atoms with Crippen LogP contribution in [0.4, 0.5) is 0 Å². The Balaban J connectivity index is 2.45. The third-order valence-corrected chi connectivity index (χ3v) is 2.18. The summed E-state index contributed by atoms with van der Waals surface area (Å²) < 4.78 is 0. The van der Waals surface area contributed by atoms with E-state index in [0.717, 1.165) is 32.1 Å². The van der Waals surface area contributed by atoms with Crippen molar-refractivity contribution in [1.82, 2.24) is 0 Å². The second-order valence-corrected chi connectivity index (χ2v) is 2.99. The van der Waals surface area contributed by atoms with Gasteiger partial charge in [-0.2, -0.15) is 0 Å². The van der Waals surface area contributed by atoms with E-state index >= 15 is 0 Å². The largest absolute Gasteiger partial charge is 0.542 e. The predicted molar refractivity (Wildman–Crippen MR) is 36.6 cm³/mol. The molecule has 3 heteroatoms. The summed E-state index contributed by atoms with van der Waals surface area (Å²) in [6.07, 6.45) is 4.53. The Morgan fingerprint density at radius 2 is 1.64 bits per heavy atom. The molecule has 3 nitrogen and oxygen atoms in total. The van der Waals surface area contributed by atoms with Gasteiger partial charge in [-0.15, -0.1) is 0 Å². The summed E-state index contributed by atoms with van der Waals surface area (Å²) in [6, 6.07) is 0. The number of hydrogen-bond acceptors (Lipinski definition) is 3. The number of carboxylic acid groups (broad SMARTS) is 1. The quantitative estimate of drug-likeness (QED) is 0.522. The van der Waals surface area contributed by atoms with Crippen LogP contribution in [-0.4, -0.2) is 11.8 Å². The van der Waals surface area contributed by atoms with E-state index in [4.69, 9.17) is 0 Å². The number of rotatable bonds is 2. The van der Waals surface area contributed by atoms with Gasteiger partial charge in [-0.25, -0.2) is 0 Å². The molecule has 0 radical (unpaired) electrons. The van der Waals surface area contributed by atoms with Crippen molar-refractivity contribution in [2.45, 2.75) is 32.1 Å². The number of ketones is 1. The Kier molecular flexibility index (Phi) is 2.63. The highest BCUT2D eigenvalue weighted by molar-refractivity contribution is 6.32. The van der Waals surface area contributed by atoms with Crippen LogP contribution in [-0.2, 0) is 9.59 Å². The van der Waals surface area contributed by atoms with Crippen LogP contribution < -0.4 is 5.11 Å². The third-order valence-electron chi connectivity index (χ3n) is 2.18. The first-order valence-corrected chi connectivity index (χ1v) is 3.97. The summed E-state index contributed by atoms with van der Waals surface area (Å²) in [7, 11) is 0. The number of carboxylic acids is 1. The van der Waals surface area contributed by atoms with E-state index in [-0.39, 0.29) is 5.92 Å². The minimum atomic E-state index is -1.52. The van der Waals surface area contributed by atoms with E-state index in [9.17, 15) is 14.7 Å². The summed E-state index contributed by atoms with van der Waals surface area (Å²) in [4.78, 5) is 21.0. The molecule has 0 amide bonds. The van der Waals surface area contributed by atoms with E-state index in [1.165, 1.54) is 0 Å². The molecule has 0 bridgehead atoms. The van der Waals surface area contributed by atoms with Gasteiger partial charge in [-0.3, -0.25) is 4.79 Å². The minimum absolute atomic E-state index is 0.256. The summed E-state index contributed by atoms with van der Waals surface area (Å²) >= 11 is 0. The van der Waals surface area contributed by atoms with Gasteiger partial charge >= 0.3 is 0 Å². The van der Waals surface area contributed by atoms with Gasteiger partial charge in [0.25, 0.3) is 0 Å². The fourth-order valence-corrected chi connectivity index (χ4v) is 1.53. The fraction of sp³-hybridized carbons (Fsp3) is 0.750. The highest BCUT2D eigenvalue weighted by Gasteiger charge is 2.21. The minimum Gasteiger partial charge on any atom is -0.542 e. The van der Waals surface area contributed by atoms with E-state index in [0.29, 0.717) is 0 Å². The molecule has 1 fully saturated rings. The molecule has 0 N–H and O–H groups in total. The first kappa shape index (κ1) is 8.24. The average Bonchev–Trinajstić information content (AvgIpc) is 2.05. The zero-order valence-corrected chi connectivity index (χ0v) is 6.34. The lowest BCUT2D eigenvalue weighted by molar-refractivity contribution is -0.300. The number of carbonyl (C=O) groups is 2. The van der Waals surface area contributed by atoms with Gasteiger partial charge in [0.1, 0.15) is 5.97 Å². The maximum atomic E-state index is 10.8. The molecule has 0 aromatic carbocycles. The second-order valence-electron chi connectivity index (χ2n) is 2.99. The molecule has 1 saturated carbocycles. The van der Waals surface area contributed by atoms with Gasteiger partial charge in [0.05, 0.1) is 0 Å². The maximum absolute atomic E-state index is 10.8. The molecule has 0 unspecified atom stereocenters. The summed E-state index contributed by atoms with van der Waals surface area (Å²) in [5.74, 6) is -2.48. The van der Waals surface area contributed by atoms with Crippen LogP contribution in [0.15, 0.2) is 0 Å². The van der Waals surface area contributed by atoms with Crippen LogP contribution in [0.5, 0.6) is 0 Å². The van der Waals surface area contributed by atoms with Crippen molar-refractivity contribution in [2.24, 2.45) is 5.92 Å². The van der Waals surface area contributed by atoms with Crippen LogP contribution in [0, 0.1) is 5.92 Å².